The van der Waals surface area contributed by atoms with Crippen LogP contribution in [0, 0.1) is 11.8 Å². The van der Waals surface area contributed by atoms with Crippen molar-refractivity contribution in [3.63, 3.8) is 0 Å². The molecule has 0 amide bonds. The molecule has 84 valence electrons. The van der Waals surface area contributed by atoms with Crippen LogP contribution < -0.4 is 5.32 Å². The Kier molecular flexibility index (Phi) is 3.63. The van der Waals surface area contributed by atoms with E-state index in [-0.39, 0.29) is 0 Å². The van der Waals surface area contributed by atoms with Crippen LogP contribution in [0.25, 0.3) is 0 Å². The van der Waals surface area contributed by atoms with E-state index in [4.69, 9.17) is 0 Å². The van der Waals surface area contributed by atoms with Gasteiger partial charge < -0.3 is 5.32 Å². The smallest absolute Gasteiger partial charge is 0.0167 e. The summed E-state index contributed by atoms with van der Waals surface area (Å²) >= 11 is 0. The molecule has 1 saturated carbocycles. The van der Waals surface area contributed by atoms with Gasteiger partial charge in [0.2, 0.25) is 0 Å². The van der Waals surface area contributed by atoms with E-state index in [1.165, 1.54) is 32.2 Å². The van der Waals surface area contributed by atoms with Crippen molar-refractivity contribution in [2.75, 3.05) is 13.1 Å². The minimum absolute atomic E-state index is 0.968. The van der Waals surface area contributed by atoms with E-state index in [1.807, 2.05) is 0 Å². The number of allylic oxidation sites excluding steroid dienone is 3. The van der Waals surface area contributed by atoms with Crippen molar-refractivity contribution in [1.29, 1.82) is 0 Å². The third-order valence-corrected chi connectivity index (χ3v) is 3.81. The maximum absolute atomic E-state index is 3.58. The van der Waals surface area contributed by atoms with E-state index in [0.29, 0.717) is 0 Å². The molecule has 1 fully saturated rings. The second-order valence-corrected chi connectivity index (χ2v) is 5.11. The predicted molar refractivity (Wildman–Crippen MR) is 65.8 cm³/mol. The molecule has 0 aromatic carbocycles. The van der Waals surface area contributed by atoms with Gasteiger partial charge in [-0.25, -0.2) is 0 Å². The monoisotopic (exact) mass is 205 g/mol. The van der Waals surface area contributed by atoms with E-state index in [9.17, 15) is 0 Å². The minimum Gasteiger partial charge on any atom is -0.313 e. The second-order valence-electron chi connectivity index (χ2n) is 5.11. The van der Waals surface area contributed by atoms with Crippen LogP contribution in [-0.2, 0) is 0 Å². The highest BCUT2D eigenvalue weighted by Gasteiger charge is 2.31. The summed E-state index contributed by atoms with van der Waals surface area (Å²) in [6, 6.07) is 0. The average molecular weight is 205 g/mol. The molecule has 1 N–H and O–H groups in total. The molecule has 0 radical (unpaired) electrons. The van der Waals surface area contributed by atoms with Gasteiger partial charge in [-0.05, 0) is 44.1 Å². The normalized spacial score (nSPS) is 29.7. The predicted octanol–water partition coefficient (Wildman–Crippen LogP) is 3.29. The number of nitrogens with one attached hydrogen (secondary N) is 1. The van der Waals surface area contributed by atoms with Gasteiger partial charge in [-0.2, -0.15) is 0 Å². The first-order valence-electron chi connectivity index (χ1n) is 6.37. The third kappa shape index (κ3) is 3.20. The molecule has 0 heterocycles. The Labute approximate surface area is 93.6 Å². The van der Waals surface area contributed by atoms with E-state index in [0.717, 1.165) is 18.4 Å². The first kappa shape index (κ1) is 10.9. The molecule has 0 saturated heterocycles. The summed E-state index contributed by atoms with van der Waals surface area (Å²) in [4.78, 5) is 0. The van der Waals surface area contributed by atoms with E-state index in [1.54, 1.807) is 11.1 Å². The fourth-order valence-electron chi connectivity index (χ4n) is 2.27. The second kappa shape index (κ2) is 4.98. The Hall–Kier alpha value is -0.560. The molecular weight excluding hydrogens is 182 g/mol. The average Bonchev–Trinajstić information content (AvgIpc) is 2.96. The molecule has 1 heteroatoms. The molecule has 0 aromatic rings. The van der Waals surface area contributed by atoms with Gasteiger partial charge in [0.05, 0.1) is 0 Å². The highest BCUT2D eigenvalue weighted by atomic mass is 14.9. The van der Waals surface area contributed by atoms with Crippen molar-refractivity contribution in [1.82, 2.24) is 5.32 Å². The van der Waals surface area contributed by atoms with Gasteiger partial charge in [0.25, 0.3) is 0 Å². The molecule has 0 aliphatic heterocycles. The molecule has 2 aliphatic rings. The van der Waals surface area contributed by atoms with Crippen LogP contribution in [0.3, 0.4) is 0 Å². The maximum atomic E-state index is 3.58. The van der Waals surface area contributed by atoms with Crippen LogP contribution in [0.15, 0.2) is 23.3 Å². The maximum Gasteiger partial charge on any atom is 0.0167 e. The lowest BCUT2D eigenvalue weighted by Crippen LogP contribution is -2.20. The van der Waals surface area contributed by atoms with E-state index < -0.39 is 0 Å². The standard InChI is InChI=1S/C14H23N/c1-3-12-4-6-13(7-5-12)9-15-10-14-8-11(14)2/h4,6,11,14-15H,3,5,7-10H2,1-2H3. The van der Waals surface area contributed by atoms with Crippen LogP contribution in [0.5, 0.6) is 0 Å². The van der Waals surface area contributed by atoms with Gasteiger partial charge in [-0.3, -0.25) is 0 Å². The number of rotatable bonds is 5. The summed E-state index contributed by atoms with van der Waals surface area (Å²) in [5, 5.41) is 3.58. The summed E-state index contributed by atoms with van der Waals surface area (Å²) in [6.45, 7) is 6.93. The van der Waals surface area contributed by atoms with Crippen LogP contribution in [0.4, 0.5) is 0 Å². The lowest BCUT2D eigenvalue weighted by molar-refractivity contribution is 0.628. The molecule has 0 bridgehead atoms. The van der Waals surface area contributed by atoms with E-state index >= 15 is 0 Å². The van der Waals surface area contributed by atoms with E-state index in [2.05, 4.69) is 31.3 Å². The Morgan fingerprint density at radius 2 is 1.93 bits per heavy atom. The van der Waals surface area contributed by atoms with Gasteiger partial charge in [0, 0.05) is 6.54 Å². The Balaban J connectivity index is 1.67. The summed E-state index contributed by atoms with van der Waals surface area (Å²) in [5.74, 6) is 1.94. The van der Waals surface area contributed by atoms with Crippen LogP contribution in [-0.4, -0.2) is 13.1 Å². The fraction of sp³-hybridized carbons (Fsp3) is 0.714. The highest BCUT2D eigenvalue weighted by Crippen LogP contribution is 2.36. The lowest BCUT2D eigenvalue weighted by atomic mass is 9.97. The molecule has 0 aromatic heterocycles. The Morgan fingerprint density at radius 3 is 2.47 bits per heavy atom. The van der Waals surface area contributed by atoms with Crippen molar-refractivity contribution in [2.24, 2.45) is 11.8 Å². The number of hydrogen-bond donors (Lipinski definition) is 1. The van der Waals surface area contributed by atoms with Gasteiger partial charge >= 0.3 is 0 Å². The summed E-state index contributed by atoms with van der Waals surface area (Å²) < 4.78 is 0. The molecule has 2 aliphatic carbocycles. The fourth-order valence-corrected chi connectivity index (χ4v) is 2.27. The van der Waals surface area contributed by atoms with Crippen LogP contribution in [0.1, 0.15) is 39.5 Å². The minimum atomic E-state index is 0.968. The first-order valence-corrected chi connectivity index (χ1v) is 6.37. The topological polar surface area (TPSA) is 12.0 Å². The zero-order chi connectivity index (χ0) is 10.7. The van der Waals surface area contributed by atoms with Gasteiger partial charge in [0.1, 0.15) is 0 Å². The molecule has 2 rings (SSSR count). The molecule has 0 spiro atoms. The quantitative estimate of drug-likeness (QED) is 0.726. The summed E-state index contributed by atoms with van der Waals surface area (Å²) in [6.07, 6.45) is 9.85. The molecule has 15 heavy (non-hydrogen) atoms. The van der Waals surface area contributed by atoms with Crippen molar-refractivity contribution in [3.05, 3.63) is 23.3 Å². The SMILES string of the molecule is CCC1=CC=C(CNCC2CC2C)CC1. The zero-order valence-electron chi connectivity index (χ0n) is 10.1. The lowest BCUT2D eigenvalue weighted by Gasteiger charge is -2.14. The van der Waals surface area contributed by atoms with Crippen LogP contribution in [0.2, 0.25) is 0 Å². The van der Waals surface area contributed by atoms with Crippen molar-refractivity contribution in [2.45, 2.75) is 39.5 Å². The number of hydrogen-bond acceptors (Lipinski definition) is 1. The molecular formula is C14H23N. The van der Waals surface area contributed by atoms with Crippen molar-refractivity contribution < 1.29 is 0 Å². The van der Waals surface area contributed by atoms with Crippen molar-refractivity contribution in [3.8, 4) is 0 Å². The molecule has 2 unspecified atom stereocenters. The Bertz CT molecular complexity index is 275. The van der Waals surface area contributed by atoms with Crippen LogP contribution >= 0.6 is 0 Å². The first-order chi connectivity index (χ1) is 7.29. The Morgan fingerprint density at radius 1 is 1.27 bits per heavy atom. The third-order valence-electron chi connectivity index (χ3n) is 3.81. The summed E-state index contributed by atoms with van der Waals surface area (Å²) in [7, 11) is 0. The van der Waals surface area contributed by atoms with Gasteiger partial charge in [-0.15, -0.1) is 0 Å². The van der Waals surface area contributed by atoms with Gasteiger partial charge in [0.15, 0.2) is 0 Å². The largest absolute Gasteiger partial charge is 0.313 e. The molecule has 2 atom stereocenters. The highest BCUT2D eigenvalue weighted by molar-refractivity contribution is 5.24. The van der Waals surface area contributed by atoms with Crippen molar-refractivity contribution >= 4 is 0 Å². The van der Waals surface area contributed by atoms with Gasteiger partial charge in [-0.1, -0.05) is 37.1 Å². The molecule has 1 nitrogen and oxygen atoms in total. The zero-order valence-corrected chi connectivity index (χ0v) is 10.1. The summed E-state index contributed by atoms with van der Waals surface area (Å²) in [5.41, 5.74) is 3.19.